The lowest BCUT2D eigenvalue weighted by Gasteiger charge is -2.11. The fourth-order valence-electron chi connectivity index (χ4n) is 2.49. The monoisotopic (exact) mass is 399 g/mol. The van der Waals surface area contributed by atoms with Crippen molar-refractivity contribution >= 4 is 23.5 Å². The van der Waals surface area contributed by atoms with Crippen LogP contribution in [0.4, 0.5) is 0 Å². The summed E-state index contributed by atoms with van der Waals surface area (Å²) >= 11 is 5.90. The number of rotatable bonds is 6. The summed E-state index contributed by atoms with van der Waals surface area (Å²) in [6, 6.07) is 13.5. The highest BCUT2D eigenvalue weighted by Crippen LogP contribution is 2.26. The molecule has 1 aromatic heterocycles. The normalized spacial score (nSPS) is 11.7. The van der Waals surface area contributed by atoms with E-state index in [0.717, 1.165) is 5.56 Å². The van der Waals surface area contributed by atoms with Gasteiger partial charge in [0.25, 0.3) is 5.91 Å². The maximum Gasteiger partial charge on any atom is 0.362 e. The molecule has 2 aromatic carbocycles. The highest BCUT2D eigenvalue weighted by Gasteiger charge is 2.19. The molecule has 0 spiro atoms. The average molecular weight is 400 g/mol. The molecule has 0 bridgehead atoms. The number of ether oxygens (including phenoxy) is 2. The second-order valence-corrected chi connectivity index (χ2v) is 6.54. The molecule has 1 atom stereocenters. The Labute approximate surface area is 166 Å². The van der Waals surface area contributed by atoms with Gasteiger partial charge in [0.15, 0.2) is 6.10 Å². The number of halogens is 1. The maximum atomic E-state index is 12.5. The standard InChI is InChI=1S/C20H18ClN3O4/c1-11-17(13-3-5-14(21)6-4-13)23-24-18(11)20(26)28-16-9-7-15(8-10-16)27-12(2)19(22)25/h3-10,12H,1-2H3,(H2,22,25)(H,23,24). The van der Waals surface area contributed by atoms with E-state index in [9.17, 15) is 9.59 Å². The second kappa shape index (κ2) is 8.14. The predicted molar refractivity (Wildman–Crippen MR) is 104 cm³/mol. The van der Waals surface area contributed by atoms with Crippen LogP contribution in [0.3, 0.4) is 0 Å². The van der Waals surface area contributed by atoms with E-state index in [4.69, 9.17) is 26.8 Å². The Kier molecular flexibility index (Phi) is 5.65. The van der Waals surface area contributed by atoms with Gasteiger partial charge in [-0.25, -0.2) is 4.79 Å². The molecule has 1 amide bonds. The number of benzene rings is 2. The number of aromatic amines is 1. The van der Waals surface area contributed by atoms with Crippen LogP contribution in [0.15, 0.2) is 48.5 Å². The zero-order valence-electron chi connectivity index (χ0n) is 15.2. The van der Waals surface area contributed by atoms with Crippen LogP contribution in [0, 0.1) is 6.92 Å². The van der Waals surface area contributed by atoms with Gasteiger partial charge in [-0.2, -0.15) is 5.10 Å². The predicted octanol–water partition coefficient (Wildman–Crippen LogP) is 3.51. The van der Waals surface area contributed by atoms with Gasteiger partial charge >= 0.3 is 5.97 Å². The van der Waals surface area contributed by atoms with E-state index in [2.05, 4.69) is 10.2 Å². The number of H-pyrrole nitrogens is 1. The van der Waals surface area contributed by atoms with Crippen LogP contribution in [0.2, 0.25) is 5.02 Å². The van der Waals surface area contributed by atoms with Crippen LogP contribution in [0.25, 0.3) is 11.3 Å². The first-order chi connectivity index (χ1) is 13.3. The molecule has 3 aromatic rings. The Morgan fingerprint density at radius 3 is 2.29 bits per heavy atom. The molecular formula is C20H18ClN3O4. The first-order valence-corrected chi connectivity index (χ1v) is 8.82. The van der Waals surface area contributed by atoms with E-state index in [1.54, 1.807) is 50.2 Å². The van der Waals surface area contributed by atoms with Crippen LogP contribution in [-0.4, -0.2) is 28.2 Å². The third-order valence-corrected chi connectivity index (χ3v) is 4.33. The van der Waals surface area contributed by atoms with Gasteiger partial charge in [-0.05, 0) is 50.2 Å². The van der Waals surface area contributed by atoms with Gasteiger partial charge in [-0.3, -0.25) is 9.89 Å². The summed E-state index contributed by atoms with van der Waals surface area (Å²) in [7, 11) is 0. The number of aromatic nitrogens is 2. The number of nitrogens with zero attached hydrogens (tertiary/aromatic N) is 1. The first-order valence-electron chi connectivity index (χ1n) is 8.44. The molecule has 144 valence electrons. The molecule has 7 nitrogen and oxygen atoms in total. The van der Waals surface area contributed by atoms with Crippen molar-refractivity contribution in [1.29, 1.82) is 0 Å². The summed E-state index contributed by atoms with van der Waals surface area (Å²) < 4.78 is 10.7. The molecule has 0 saturated heterocycles. The smallest absolute Gasteiger partial charge is 0.362 e. The molecule has 1 unspecified atom stereocenters. The number of carbonyl (C=O) groups excluding carboxylic acids is 2. The van der Waals surface area contributed by atoms with Gasteiger partial charge in [0, 0.05) is 16.1 Å². The Bertz CT molecular complexity index is 997. The molecule has 0 aliphatic heterocycles. The Morgan fingerprint density at radius 1 is 1.07 bits per heavy atom. The van der Waals surface area contributed by atoms with E-state index in [0.29, 0.717) is 27.8 Å². The largest absolute Gasteiger partial charge is 0.481 e. The fourth-order valence-corrected chi connectivity index (χ4v) is 2.62. The lowest BCUT2D eigenvalue weighted by molar-refractivity contribution is -0.123. The molecule has 0 saturated carbocycles. The van der Waals surface area contributed by atoms with Gasteiger partial charge in [0.2, 0.25) is 0 Å². The highest BCUT2D eigenvalue weighted by molar-refractivity contribution is 6.30. The number of nitrogens with two attached hydrogens (primary N) is 1. The van der Waals surface area contributed by atoms with Crippen molar-refractivity contribution < 1.29 is 19.1 Å². The van der Waals surface area contributed by atoms with Gasteiger partial charge in [0.05, 0.1) is 5.69 Å². The molecule has 0 aliphatic rings. The van der Waals surface area contributed by atoms with E-state index >= 15 is 0 Å². The van der Waals surface area contributed by atoms with E-state index in [-0.39, 0.29) is 5.69 Å². The Hall–Kier alpha value is -3.32. The van der Waals surface area contributed by atoms with Crippen molar-refractivity contribution in [2.45, 2.75) is 20.0 Å². The molecule has 3 N–H and O–H groups in total. The molecule has 0 aliphatic carbocycles. The summed E-state index contributed by atoms with van der Waals surface area (Å²) in [5.41, 5.74) is 7.57. The number of hydrogen-bond acceptors (Lipinski definition) is 5. The minimum absolute atomic E-state index is 0.257. The topological polar surface area (TPSA) is 107 Å². The van der Waals surface area contributed by atoms with E-state index in [1.165, 1.54) is 0 Å². The number of nitrogens with one attached hydrogen (secondary N) is 1. The third-order valence-electron chi connectivity index (χ3n) is 4.08. The summed E-state index contributed by atoms with van der Waals surface area (Å²) in [6.07, 6.45) is -0.757. The third kappa shape index (κ3) is 4.32. The molecule has 1 heterocycles. The molecule has 0 radical (unpaired) electrons. The van der Waals surface area contributed by atoms with Crippen LogP contribution < -0.4 is 15.2 Å². The summed E-state index contributed by atoms with van der Waals surface area (Å²) in [6.45, 7) is 3.34. The van der Waals surface area contributed by atoms with Gasteiger partial charge < -0.3 is 15.2 Å². The zero-order valence-corrected chi connectivity index (χ0v) is 16.0. The van der Waals surface area contributed by atoms with Gasteiger partial charge in [-0.15, -0.1) is 0 Å². The van der Waals surface area contributed by atoms with Crippen molar-refractivity contribution in [2.24, 2.45) is 5.73 Å². The van der Waals surface area contributed by atoms with E-state index in [1.807, 2.05) is 12.1 Å². The maximum absolute atomic E-state index is 12.5. The van der Waals surface area contributed by atoms with Crippen LogP contribution >= 0.6 is 11.6 Å². The quantitative estimate of drug-likeness (QED) is 0.487. The number of primary amides is 1. The second-order valence-electron chi connectivity index (χ2n) is 6.10. The van der Waals surface area contributed by atoms with Crippen molar-refractivity contribution in [3.8, 4) is 22.8 Å². The molecule has 3 rings (SSSR count). The van der Waals surface area contributed by atoms with Crippen molar-refractivity contribution in [1.82, 2.24) is 10.2 Å². The number of carbonyl (C=O) groups is 2. The number of hydrogen-bond donors (Lipinski definition) is 2. The molecule has 28 heavy (non-hydrogen) atoms. The lowest BCUT2D eigenvalue weighted by atomic mass is 10.1. The van der Waals surface area contributed by atoms with E-state index < -0.39 is 18.0 Å². The van der Waals surface area contributed by atoms with Crippen LogP contribution in [0.1, 0.15) is 23.0 Å². The lowest BCUT2D eigenvalue weighted by Crippen LogP contribution is -2.30. The minimum Gasteiger partial charge on any atom is -0.481 e. The summed E-state index contributed by atoms with van der Waals surface area (Å²) in [4.78, 5) is 23.5. The Balaban J connectivity index is 1.71. The molecular weight excluding hydrogens is 382 g/mol. The number of amides is 1. The van der Waals surface area contributed by atoms with Crippen molar-refractivity contribution in [2.75, 3.05) is 0 Å². The van der Waals surface area contributed by atoms with Crippen molar-refractivity contribution in [3.63, 3.8) is 0 Å². The SMILES string of the molecule is Cc1c(-c2ccc(Cl)cc2)n[nH]c1C(=O)Oc1ccc(OC(C)C(N)=O)cc1. The minimum atomic E-state index is -0.757. The zero-order chi connectivity index (χ0) is 20.3. The van der Waals surface area contributed by atoms with Gasteiger partial charge in [-0.1, -0.05) is 23.7 Å². The van der Waals surface area contributed by atoms with Crippen molar-refractivity contribution in [3.05, 3.63) is 64.8 Å². The highest BCUT2D eigenvalue weighted by atomic mass is 35.5. The molecule has 8 heteroatoms. The fraction of sp³-hybridized carbons (Fsp3) is 0.150. The van der Waals surface area contributed by atoms with Crippen LogP contribution in [-0.2, 0) is 4.79 Å². The first kappa shape index (κ1) is 19.4. The van der Waals surface area contributed by atoms with Gasteiger partial charge in [0.1, 0.15) is 17.2 Å². The van der Waals surface area contributed by atoms with Crippen LogP contribution in [0.5, 0.6) is 11.5 Å². The molecule has 0 fully saturated rings. The summed E-state index contributed by atoms with van der Waals surface area (Å²) in [5, 5.41) is 7.55. The average Bonchev–Trinajstić information content (AvgIpc) is 3.05. The Morgan fingerprint density at radius 2 is 1.68 bits per heavy atom. The summed E-state index contributed by atoms with van der Waals surface area (Å²) in [5.74, 6) is -0.369. The number of esters is 1.